The molecule has 4 rings (SSSR count). The predicted molar refractivity (Wildman–Crippen MR) is 93.1 cm³/mol. The molecule has 1 atom stereocenters. The van der Waals surface area contributed by atoms with Gasteiger partial charge in [-0.3, -0.25) is 4.90 Å². The first kappa shape index (κ1) is 16.8. The number of amides is 2. The number of piperidine rings is 1. The van der Waals surface area contributed by atoms with Gasteiger partial charge in [0.25, 0.3) is 0 Å². The van der Waals surface area contributed by atoms with Gasteiger partial charge in [-0.2, -0.15) is 4.98 Å². The molecule has 1 N–H and O–H groups in total. The fourth-order valence-corrected chi connectivity index (χ4v) is 4.89. The van der Waals surface area contributed by atoms with Crippen molar-refractivity contribution in [3.05, 3.63) is 11.7 Å². The zero-order chi connectivity index (χ0) is 17.4. The lowest BCUT2D eigenvalue weighted by Crippen LogP contribution is -2.49. The zero-order valence-corrected chi connectivity index (χ0v) is 15.3. The van der Waals surface area contributed by atoms with Crippen LogP contribution in [0.2, 0.25) is 0 Å². The Morgan fingerprint density at radius 1 is 1.28 bits per heavy atom. The molecule has 1 spiro atoms. The Bertz CT molecular complexity index is 617. The molecular weight excluding hydrogens is 318 g/mol. The number of likely N-dealkylation sites (tertiary alicyclic amines) is 2. The summed E-state index contributed by atoms with van der Waals surface area (Å²) in [5.74, 6) is 1.43. The molecule has 3 aliphatic rings. The Labute approximate surface area is 149 Å². The van der Waals surface area contributed by atoms with Crippen LogP contribution in [0.1, 0.15) is 62.7 Å². The van der Waals surface area contributed by atoms with Crippen LogP contribution in [0.25, 0.3) is 0 Å². The minimum Gasteiger partial charge on any atom is -0.340 e. The van der Waals surface area contributed by atoms with Crippen LogP contribution >= 0.6 is 0 Å². The minimum atomic E-state index is 0.137. The maximum Gasteiger partial charge on any atom is 0.317 e. The predicted octanol–water partition coefficient (Wildman–Crippen LogP) is 2.49. The minimum absolute atomic E-state index is 0.137. The number of aromatic nitrogens is 2. The lowest BCUT2D eigenvalue weighted by molar-refractivity contribution is 0.120. The monoisotopic (exact) mass is 347 g/mol. The SMILES string of the molecule is Cc1nc(C2CC3(CCN(C(=O)NC4CCCC4)CC3)CN2C)no1. The van der Waals surface area contributed by atoms with Gasteiger partial charge in [0.1, 0.15) is 0 Å². The number of carbonyl (C=O) groups excluding carboxylic acids is 1. The van der Waals surface area contributed by atoms with Crippen LogP contribution in [-0.2, 0) is 0 Å². The van der Waals surface area contributed by atoms with Crippen molar-refractivity contribution < 1.29 is 9.32 Å². The highest BCUT2D eigenvalue weighted by atomic mass is 16.5. The van der Waals surface area contributed by atoms with E-state index in [9.17, 15) is 4.79 Å². The van der Waals surface area contributed by atoms with Crippen LogP contribution in [0.5, 0.6) is 0 Å². The molecule has 1 unspecified atom stereocenters. The summed E-state index contributed by atoms with van der Waals surface area (Å²) in [7, 11) is 2.14. The van der Waals surface area contributed by atoms with E-state index in [2.05, 4.69) is 27.4 Å². The van der Waals surface area contributed by atoms with Crippen molar-refractivity contribution in [3.8, 4) is 0 Å². The van der Waals surface area contributed by atoms with E-state index >= 15 is 0 Å². The third kappa shape index (κ3) is 3.38. The molecule has 7 heteroatoms. The van der Waals surface area contributed by atoms with E-state index in [1.54, 1.807) is 0 Å². The van der Waals surface area contributed by atoms with Gasteiger partial charge in [-0.1, -0.05) is 18.0 Å². The first-order chi connectivity index (χ1) is 12.0. The first-order valence-corrected chi connectivity index (χ1v) is 9.61. The molecule has 0 bridgehead atoms. The topological polar surface area (TPSA) is 74.5 Å². The van der Waals surface area contributed by atoms with Gasteiger partial charge in [-0.15, -0.1) is 0 Å². The quantitative estimate of drug-likeness (QED) is 0.890. The van der Waals surface area contributed by atoms with Crippen LogP contribution in [0, 0.1) is 12.3 Å². The van der Waals surface area contributed by atoms with Crippen molar-refractivity contribution in [2.45, 2.75) is 64.0 Å². The summed E-state index contributed by atoms with van der Waals surface area (Å²) >= 11 is 0. The van der Waals surface area contributed by atoms with Gasteiger partial charge in [0.15, 0.2) is 5.82 Å². The maximum absolute atomic E-state index is 12.5. The molecule has 3 heterocycles. The maximum atomic E-state index is 12.5. The summed E-state index contributed by atoms with van der Waals surface area (Å²) in [5.41, 5.74) is 0.276. The average Bonchev–Trinajstić information content (AvgIpc) is 3.30. The summed E-state index contributed by atoms with van der Waals surface area (Å²) in [5, 5.41) is 7.34. The highest BCUT2D eigenvalue weighted by molar-refractivity contribution is 5.74. The van der Waals surface area contributed by atoms with Crippen LogP contribution < -0.4 is 5.32 Å². The highest BCUT2D eigenvalue weighted by Gasteiger charge is 2.46. The largest absolute Gasteiger partial charge is 0.340 e. The third-order valence-electron chi connectivity index (χ3n) is 6.38. The molecule has 1 aromatic rings. The standard InChI is InChI=1S/C18H29N5O2/c1-13-19-16(21-25-13)15-11-18(12-22(15)2)7-9-23(10-8-18)17(24)20-14-5-3-4-6-14/h14-15H,3-12H2,1-2H3,(H,20,24). The molecule has 7 nitrogen and oxygen atoms in total. The van der Waals surface area contributed by atoms with Crippen molar-refractivity contribution in [2.24, 2.45) is 5.41 Å². The summed E-state index contributed by atoms with van der Waals surface area (Å²) in [6.07, 6.45) is 7.95. The second-order valence-corrected chi connectivity index (χ2v) is 8.22. The Morgan fingerprint density at radius 2 is 2.00 bits per heavy atom. The molecule has 1 aliphatic carbocycles. The fraction of sp³-hybridized carbons (Fsp3) is 0.833. The second kappa shape index (κ2) is 6.59. The number of hydrogen-bond acceptors (Lipinski definition) is 5. The number of nitrogens with zero attached hydrogens (tertiary/aromatic N) is 4. The third-order valence-corrected chi connectivity index (χ3v) is 6.38. The highest BCUT2D eigenvalue weighted by Crippen LogP contribution is 2.47. The number of carbonyl (C=O) groups is 1. The molecule has 0 radical (unpaired) electrons. The molecule has 0 aromatic carbocycles. The molecule has 3 fully saturated rings. The van der Waals surface area contributed by atoms with Gasteiger partial charge in [-0.05, 0) is 44.6 Å². The zero-order valence-electron chi connectivity index (χ0n) is 15.3. The molecule has 1 aromatic heterocycles. The van der Waals surface area contributed by atoms with E-state index in [4.69, 9.17) is 4.52 Å². The van der Waals surface area contributed by atoms with E-state index in [0.717, 1.165) is 57.6 Å². The molecule has 2 saturated heterocycles. The van der Waals surface area contributed by atoms with Gasteiger partial charge in [0.05, 0.1) is 6.04 Å². The number of urea groups is 1. The van der Waals surface area contributed by atoms with Crippen LogP contribution in [-0.4, -0.2) is 58.7 Å². The summed E-state index contributed by atoms with van der Waals surface area (Å²) in [6.45, 7) is 4.58. The number of nitrogens with one attached hydrogen (secondary N) is 1. The van der Waals surface area contributed by atoms with E-state index in [1.165, 1.54) is 12.8 Å². The van der Waals surface area contributed by atoms with Crippen LogP contribution in [0.15, 0.2) is 4.52 Å². The molecule has 25 heavy (non-hydrogen) atoms. The Balaban J connectivity index is 1.34. The lowest BCUT2D eigenvalue weighted by Gasteiger charge is -2.39. The van der Waals surface area contributed by atoms with Gasteiger partial charge < -0.3 is 14.7 Å². The Kier molecular flexibility index (Phi) is 4.43. The summed E-state index contributed by atoms with van der Waals surface area (Å²) in [6, 6.07) is 0.765. The average molecular weight is 347 g/mol. The normalized spacial score (nSPS) is 27.3. The smallest absolute Gasteiger partial charge is 0.317 e. The van der Waals surface area contributed by atoms with Crippen molar-refractivity contribution in [3.63, 3.8) is 0 Å². The molecule has 2 aliphatic heterocycles. The fourth-order valence-electron chi connectivity index (χ4n) is 4.89. The Hall–Kier alpha value is -1.63. The van der Waals surface area contributed by atoms with Gasteiger partial charge in [-0.25, -0.2) is 4.79 Å². The molecule has 2 amide bonds. The number of aryl methyl sites for hydroxylation is 1. The Morgan fingerprint density at radius 3 is 2.64 bits per heavy atom. The second-order valence-electron chi connectivity index (χ2n) is 8.22. The summed E-state index contributed by atoms with van der Waals surface area (Å²) < 4.78 is 5.16. The van der Waals surface area contributed by atoms with Crippen LogP contribution in [0.3, 0.4) is 0 Å². The van der Waals surface area contributed by atoms with Crippen molar-refractivity contribution in [1.29, 1.82) is 0 Å². The first-order valence-electron chi connectivity index (χ1n) is 9.61. The summed E-state index contributed by atoms with van der Waals surface area (Å²) in [4.78, 5) is 21.3. The van der Waals surface area contributed by atoms with E-state index in [1.807, 2.05) is 11.8 Å². The molecular formula is C18H29N5O2. The van der Waals surface area contributed by atoms with Crippen molar-refractivity contribution in [1.82, 2.24) is 25.3 Å². The van der Waals surface area contributed by atoms with Crippen molar-refractivity contribution in [2.75, 3.05) is 26.7 Å². The molecule has 138 valence electrons. The van der Waals surface area contributed by atoms with E-state index in [-0.39, 0.29) is 17.5 Å². The van der Waals surface area contributed by atoms with Crippen LogP contribution in [0.4, 0.5) is 4.79 Å². The van der Waals surface area contributed by atoms with E-state index in [0.29, 0.717) is 11.9 Å². The van der Waals surface area contributed by atoms with E-state index < -0.39 is 0 Å². The number of rotatable bonds is 2. The lowest BCUT2D eigenvalue weighted by atomic mass is 9.76. The van der Waals surface area contributed by atoms with Gasteiger partial charge >= 0.3 is 6.03 Å². The van der Waals surface area contributed by atoms with Gasteiger partial charge in [0.2, 0.25) is 5.89 Å². The number of hydrogen-bond donors (Lipinski definition) is 1. The molecule has 1 saturated carbocycles. The van der Waals surface area contributed by atoms with Gasteiger partial charge in [0, 0.05) is 32.6 Å². The van der Waals surface area contributed by atoms with Crippen molar-refractivity contribution >= 4 is 6.03 Å².